The van der Waals surface area contributed by atoms with E-state index in [9.17, 15) is 9.59 Å². The normalized spacial score (nSPS) is 17.2. The zero-order valence-electron chi connectivity index (χ0n) is 18.4. The van der Waals surface area contributed by atoms with E-state index in [-0.39, 0.29) is 11.8 Å². The second-order valence-corrected chi connectivity index (χ2v) is 8.42. The summed E-state index contributed by atoms with van der Waals surface area (Å²) in [6.07, 6.45) is 2.85. The van der Waals surface area contributed by atoms with Crippen LogP contribution in [0.3, 0.4) is 0 Å². The number of piperidine rings is 1. The molecule has 0 unspecified atom stereocenters. The Morgan fingerprint density at radius 1 is 1.06 bits per heavy atom. The van der Waals surface area contributed by atoms with Crippen LogP contribution < -0.4 is 10.6 Å². The van der Waals surface area contributed by atoms with Crippen molar-refractivity contribution in [3.8, 4) is 0 Å². The van der Waals surface area contributed by atoms with Gasteiger partial charge in [-0.2, -0.15) is 0 Å². The summed E-state index contributed by atoms with van der Waals surface area (Å²) >= 11 is 0. The summed E-state index contributed by atoms with van der Waals surface area (Å²) in [7, 11) is 4.05. The molecule has 8 heteroatoms. The Kier molecular flexibility index (Phi) is 6.18. The molecule has 2 aromatic rings. The first kappa shape index (κ1) is 21.2. The lowest BCUT2D eigenvalue weighted by Gasteiger charge is -2.32. The average Bonchev–Trinajstić information content (AvgIpc) is 2.78. The van der Waals surface area contributed by atoms with Gasteiger partial charge < -0.3 is 20.4 Å². The molecule has 0 bridgehead atoms. The second kappa shape index (κ2) is 9.01. The van der Waals surface area contributed by atoms with E-state index in [1.54, 1.807) is 24.3 Å². The van der Waals surface area contributed by atoms with Gasteiger partial charge in [-0.05, 0) is 63.7 Å². The molecule has 0 atom stereocenters. The summed E-state index contributed by atoms with van der Waals surface area (Å²) in [5.74, 6) is 1.99. The molecule has 0 spiro atoms. The highest BCUT2D eigenvalue weighted by molar-refractivity contribution is 5.95. The van der Waals surface area contributed by atoms with E-state index in [1.165, 1.54) is 6.92 Å². The van der Waals surface area contributed by atoms with E-state index in [2.05, 4.69) is 22.6 Å². The molecule has 1 saturated heterocycles. The average molecular weight is 423 g/mol. The lowest BCUT2D eigenvalue weighted by Crippen LogP contribution is -2.37. The van der Waals surface area contributed by atoms with Gasteiger partial charge in [0.2, 0.25) is 5.91 Å². The molecule has 4 rings (SSSR count). The number of carbonyl (C=O) groups is 2. The van der Waals surface area contributed by atoms with Crippen LogP contribution in [0.5, 0.6) is 0 Å². The van der Waals surface area contributed by atoms with Crippen molar-refractivity contribution in [2.45, 2.75) is 38.6 Å². The molecule has 164 valence electrons. The van der Waals surface area contributed by atoms with Crippen molar-refractivity contribution in [1.29, 1.82) is 0 Å². The Balaban J connectivity index is 1.53. The summed E-state index contributed by atoms with van der Waals surface area (Å²) < 4.78 is 0. The molecule has 1 aromatic carbocycles. The first-order valence-corrected chi connectivity index (χ1v) is 10.9. The molecule has 2 aliphatic rings. The number of fused-ring (bicyclic) bond motifs is 1. The summed E-state index contributed by atoms with van der Waals surface area (Å²) in [4.78, 5) is 38.2. The van der Waals surface area contributed by atoms with E-state index in [0.717, 1.165) is 55.3 Å². The van der Waals surface area contributed by atoms with Gasteiger partial charge in [0, 0.05) is 43.2 Å². The van der Waals surface area contributed by atoms with Crippen LogP contribution in [0.1, 0.15) is 53.1 Å². The largest absolute Gasteiger partial charge is 0.373 e. The zero-order valence-corrected chi connectivity index (χ0v) is 18.4. The highest BCUT2D eigenvalue weighted by atomic mass is 16.2. The SMILES string of the molecule is CNc1nc(C2CCN(C)CC2)nc2c1CCN(C(=O)c1ccc(NC(C)=O)cc1)C2. The van der Waals surface area contributed by atoms with Gasteiger partial charge in [-0.15, -0.1) is 0 Å². The lowest BCUT2D eigenvalue weighted by atomic mass is 9.95. The van der Waals surface area contributed by atoms with Crippen LogP contribution in [-0.2, 0) is 17.8 Å². The van der Waals surface area contributed by atoms with Crippen LogP contribution >= 0.6 is 0 Å². The van der Waals surface area contributed by atoms with Gasteiger partial charge in [0.25, 0.3) is 5.91 Å². The van der Waals surface area contributed by atoms with Gasteiger partial charge in [-0.25, -0.2) is 9.97 Å². The minimum Gasteiger partial charge on any atom is -0.373 e. The Morgan fingerprint density at radius 2 is 1.77 bits per heavy atom. The van der Waals surface area contributed by atoms with E-state index in [0.29, 0.717) is 30.3 Å². The van der Waals surface area contributed by atoms with E-state index in [4.69, 9.17) is 9.97 Å². The molecule has 0 saturated carbocycles. The number of nitrogens with zero attached hydrogens (tertiary/aromatic N) is 4. The first-order chi connectivity index (χ1) is 14.9. The maximum absolute atomic E-state index is 13.1. The smallest absolute Gasteiger partial charge is 0.254 e. The van der Waals surface area contributed by atoms with Crippen LogP contribution in [-0.4, -0.2) is 65.3 Å². The Bertz CT molecular complexity index is 967. The second-order valence-electron chi connectivity index (χ2n) is 8.42. The number of anilines is 2. The quantitative estimate of drug-likeness (QED) is 0.787. The van der Waals surface area contributed by atoms with Crippen LogP contribution in [0, 0.1) is 0 Å². The highest BCUT2D eigenvalue weighted by Gasteiger charge is 2.28. The number of benzene rings is 1. The molecule has 3 heterocycles. The van der Waals surface area contributed by atoms with Crippen LogP contribution in [0.25, 0.3) is 0 Å². The fourth-order valence-electron chi connectivity index (χ4n) is 4.36. The molecular formula is C23H30N6O2. The van der Waals surface area contributed by atoms with Gasteiger partial charge >= 0.3 is 0 Å². The van der Waals surface area contributed by atoms with E-state index in [1.807, 2.05) is 11.9 Å². The number of nitrogens with one attached hydrogen (secondary N) is 2. The van der Waals surface area contributed by atoms with Gasteiger partial charge in [0.1, 0.15) is 11.6 Å². The van der Waals surface area contributed by atoms with E-state index >= 15 is 0 Å². The molecule has 8 nitrogen and oxygen atoms in total. The summed E-state index contributed by atoms with van der Waals surface area (Å²) in [6.45, 7) is 4.69. The highest BCUT2D eigenvalue weighted by Crippen LogP contribution is 2.30. The number of aromatic nitrogens is 2. The molecule has 1 fully saturated rings. The number of likely N-dealkylation sites (tertiary alicyclic amines) is 1. The molecule has 1 aromatic heterocycles. The molecule has 0 aliphatic carbocycles. The number of hydrogen-bond acceptors (Lipinski definition) is 6. The van der Waals surface area contributed by atoms with Crippen LogP contribution in [0.15, 0.2) is 24.3 Å². The molecule has 2 N–H and O–H groups in total. The van der Waals surface area contributed by atoms with Crippen molar-refractivity contribution in [3.63, 3.8) is 0 Å². The summed E-state index contributed by atoms with van der Waals surface area (Å²) in [5, 5.41) is 5.97. The number of hydrogen-bond donors (Lipinski definition) is 2. The Labute approximate surface area is 183 Å². The minimum atomic E-state index is -0.132. The first-order valence-electron chi connectivity index (χ1n) is 10.9. The minimum absolute atomic E-state index is 0.0227. The monoisotopic (exact) mass is 422 g/mol. The predicted molar refractivity (Wildman–Crippen MR) is 120 cm³/mol. The molecule has 2 aliphatic heterocycles. The third-order valence-corrected chi connectivity index (χ3v) is 6.14. The van der Waals surface area contributed by atoms with Gasteiger partial charge in [0.05, 0.1) is 12.2 Å². The molecule has 0 radical (unpaired) electrons. The van der Waals surface area contributed by atoms with Crippen LogP contribution in [0.2, 0.25) is 0 Å². The fraction of sp³-hybridized carbons (Fsp3) is 0.478. The predicted octanol–water partition coefficient (Wildman–Crippen LogP) is 2.48. The summed E-state index contributed by atoms with van der Waals surface area (Å²) in [5.41, 5.74) is 3.35. The standard InChI is InChI=1S/C23H30N6O2/c1-15(30)25-18-6-4-17(5-7-18)23(31)29-13-10-19-20(14-29)26-21(27-22(19)24-2)16-8-11-28(3)12-9-16/h4-7,16H,8-14H2,1-3H3,(H,25,30)(H,24,26,27). The van der Waals surface area contributed by atoms with Crippen molar-refractivity contribution < 1.29 is 9.59 Å². The zero-order chi connectivity index (χ0) is 22.0. The third-order valence-electron chi connectivity index (χ3n) is 6.14. The Hall–Kier alpha value is -3.00. The van der Waals surface area contributed by atoms with Crippen molar-refractivity contribution in [2.24, 2.45) is 0 Å². The van der Waals surface area contributed by atoms with Crippen molar-refractivity contribution >= 4 is 23.3 Å². The van der Waals surface area contributed by atoms with Gasteiger partial charge in [0.15, 0.2) is 0 Å². The number of rotatable bonds is 4. The topological polar surface area (TPSA) is 90.5 Å². The summed E-state index contributed by atoms with van der Waals surface area (Å²) in [6, 6.07) is 7.02. The maximum Gasteiger partial charge on any atom is 0.254 e. The van der Waals surface area contributed by atoms with Crippen LogP contribution in [0.4, 0.5) is 11.5 Å². The van der Waals surface area contributed by atoms with E-state index < -0.39 is 0 Å². The molecular weight excluding hydrogens is 392 g/mol. The fourth-order valence-corrected chi connectivity index (χ4v) is 4.36. The molecule has 2 amide bonds. The lowest BCUT2D eigenvalue weighted by molar-refractivity contribution is -0.114. The van der Waals surface area contributed by atoms with Crippen molar-refractivity contribution in [3.05, 3.63) is 46.9 Å². The molecule has 31 heavy (non-hydrogen) atoms. The number of carbonyl (C=O) groups excluding carboxylic acids is 2. The number of amides is 2. The maximum atomic E-state index is 13.1. The van der Waals surface area contributed by atoms with Gasteiger partial charge in [-0.3, -0.25) is 9.59 Å². The van der Waals surface area contributed by atoms with Crippen molar-refractivity contribution in [1.82, 2.24) is 19.8 Å². The Morgan fingerprint density at radius 3 is 2.42 bits per heavy atom. The van der Waals surface area contributed by atoms with Crippen molar-refractivity contribution in [2.75, 3.05) is 44.4 Å². The third kappa shape index (κ3) is 4.69. The van der Waals surface area contributed by atoms with Gasteiger partial charge in [-0.1, -0.05) is 0 Å².